The molecule has 3 aromatic rings. The number of aromatic hydroxyl groups is 1. The number of fused-ring (bicyclic) bond motifs is 1. The molecule has 3 aromatic carbocycles. The van der Waals surface area contributed by atoms with Crippen molar-refractivity contribution in [3.05, 3.63) is 89.4 Å². The summed E-state index contributed by atoms with van der Waals surface area (Å²) in [4.78, 5) is 19.0. The number of amidine groups is 1. The average molecular weight is 402 g/mol. The molecular weight excluding hydrogens is 387 g/mol. The van der Waals surface area contributed by atoms with Crippen molar-refractivity contribution in [3.8, 4) is 17.2 Å². The number of halogens is 1. The summed E-state index contributed by atoms with van der Waals surface area (Å²) in [5, 5.41) is 9.59. The van der Waals surface area contributed by atoms with Crippen molar-refractivity contribution in [2.24, 2.45) is 4.99 Å². The predicted molar refractivity (Wildman–Crippen MR) is 109 cm³/mol. The molecule has 5 rings (SSSR count). The summed E-state index contributed by atoms with van der Waals surface area (Å²) < 4.78 is 25.2. The van der Waals surface area contributed by atoms with Crippen molar-refractivity contribution in [1.82, 2.24) is 0 Å². The second-order valence-corrected chi connectivity index (χ2v) is 6.71. The number of carbonyl (C=O) groups is 1. The predicted octanol–water partition coefficient (Wildman–Crippen LogP) is 4.09. The summed E-state index contributed by atoms with van der Waals surface area (Å²) in [5.41, 5.74) is 1.52. The summed E-state index contributed by atoms with van der Waals surface area (Å²) in [6, 6.07) is 17.5. The molecular formula is C23H15FN2O4. The molecule has 2 aliphatic heterocycles. The fraction of sp³-hybridized carbons (Fsp3) is 0.0435. The van der Waals surface area contributed by atoms with Crippen molar-refractivity contribution in [3.63, 3.8) is 0 Å². The van der Waals surface area contributed by atoms with E-state index in [0.29, 0.717) is 22.7 Å². The number of benzene rings is 3. The van der Waals surface area contributed by atoms with Gasteiger partial charge >= 0.3 is 0 Å². The number of hydrogen-bond acceptors (Lipinski definition) is 5. The number of amides is 1. The number of hydrogen-bond donors (Lipinski definition) is 1. The Morgan fingerprint density at radius 2 is 1.77 bits per heavy atom. The largest absolute Gasteiger partial charge is 0.508 e. The van der Waals surface area contributed by atoms with Gasteiger partial charge < -0.3 is 14.6 Å². The lowest BCUT2D eigenvalue weighted by Crippen LogP contribution is -2.33. The average Bonchev–Trinajstić information content (AvgIpc) is 3.34. The Labute approximate surface area is 171 Å². The zero-order valence-electron chi connectivity index (χ0n) is 15.6. The van der Waals surface area contributed by atoms with Crippen LogP contribution in [0.5, 0.6) is 17.2 Å². The fourth-order valence-electron chi connectivity index (χ4n) is 3.34. The molecule has 30 heavy (non-hydrogen) atoms. The molecule has 6 nitrogen and oxygen atoms in total. The summed E-state index contributed by atoms with van der Waals surface area (Å²) in [6.07, 6.45) is 1.62. The molecule has 0 saturated carbocycles. The lowest BCUT2D eigenvalue weighted by molar-refractivity contribution is -0.113. The van der Waals surface area contributed by atoms with Gasteiger partial charge in [-0.05, 0) is 60.2 Å². The van der Waals surface area contributed by atoms with Gasteiger partial charge in [0.05, 0.1) is 11.3 Å². The first kappa shape index (κ1) is 17.9. The summed E-state index contributed by atoms with van der Waals surface area (Å²) in [6.45, 7) is 0.151. The maximum Gasteiger partial charge on any atom is 0.282 e. The Morgan fingerprint density at radius 1 is 1.00 bits per heavy atom. The Hall–Kier alpha value is -4.13. The fourth-order valence-corrected chi connectivity index (χ4v) is 3.34. The van der Waals surface area contributed by atoms with Gasteiger partial charge in [0, 0.05) is 0 Å². The molecule has 2 aliphatic rings. The number of rotatable bonds is 3. The van der Waals surface area contributed by atoms with E-state index in [1.165, 1.54) is 23.1 Å². The first-order valence-corrected chi connectivity index (χ1v) is 9.18. The summed E-state index contributed by atoms with van der Waals surface area (Å²) in [7, 11) is 0. The van der Waals surface area contributed by atoms with Crippen molar-refractivity contribution in [2.75, 3.05) is 11.7 Å². The number of nitrogens with zero attached hydrogens (tertiary/aromatic N) is 2. The third-order valence-corrected chi connectivity index (χ3v) is 4.78. The highest BCUT2D eigenvalue weighted by molar-refractivity contribution is 6.33. The van der Waals surface area contributed by atoms with E-state index in [0.717, 1.165) is 0 Å². The molecule has 0 aromatic heterocycles. The van der Waals surface area contributed by atoms with E-state index in [1.807, 2.05) is 0 Å². The minimum absolute atomic E-state index is 0.0610. The van der Waals surface area contributed by atoms with Crippen LogP contribution in [0.1, 0.15) is 11.1 Å². The molecule has 2 heterocycles. The smallest absolute Gasteiger partial charge is 0.282 e. The Morgan fingerprint density at radius 3 is 2.57 bits per heavy atom. The first-order valence-electron chi connectivity index (χ1n) is 9.18. The number of phenolic OH excluding ortho intramolecular Hbond substituents is 1. The van der Waals surface area contributed by atoms with Gasteiger partial charge in [-0.3, -0.25) is 9.69 Å². The molecule has 0 fully saturated rings. The van der Waals surface area contributed by atoms with Crippen molar-refractivity contribution in [1.29, 1.82) is 0 Å². The number of anilines is 1. The van der Waals surface area contributed by atoms with Gasteiger partial charge in [0.1, 0.15) is 17.3 Å². The molecule has 0 bridgehead atoms. The summed E-state index contributed by atoms with van der Waals surface area (Å²) >= 11 is 0. The Balaban J connectivity index is 1.61. The second-order valence-electron chi connectivity index (χ2n) is 6.71. The second kappa shape index (κ2) is 7.04. The molecule has 1 N–H and O–H groups in total. The Kier molecular flexibility index (Phi) is 4.21. The maximum atomic E-state index is 14.5. The molecule has 1 amide bonds. The van der Waals surface area contributed by atoms with Crippen LogP contribution >= 0.6 is 0 Å². The molecule has 7 heteroatoms. The van der Waals surface area contributed by atoms with Crippen LogP contribution in [0.25, 0.3) is 6.08 Å². The minimum atomic E-state index is -0.489. The topological polar surface area (TPSA) is 71.4 Å². The van der Waals surface area contributed by atoms with E-state index in [9.17, 15) is 14.3 Å². The van der Waals surface area contributed by atoms with Crippen LogP contribution < -0.4 is 14.4 Å². The zero-order chi connectivity index (χ0) is 20.7. The van der Waals surface area contributed by atoms with Crippen molar-refractivity contribution >= 4 is 23.5 Å². The number of carbonyl (C=O) groups excluding carboxylic acids is 1. The van der Waals surface area contributed by atoms with Crippen LogP contribution in [0.15, 0.2) is 77.4 Å². The van der Waals surface area contributed by atoms with Crippen LogP contribution in [0.4, 0.5) is 10.1 Å². The van der Waals surface area contributed by atoms with Gasteiger partial charge in [-0.15, -0.1) is 0 Å². The van der Waals surface area contributed by atoms with Crippen molar-refractivity contribution in [2.45, 2.75) is 0 Å². The van der Waals surface area contributed by atoms with Gasteiger partial charge in [-0.1, -0.05) is 18.2 Å². The van der Waals surface area contributed by atoms with E-state index >= 15 is 0 Å². The number of phenols is 1. The van der Waals surface area contributed by atoms with Gasteiger partial charge in [-0.25, -0.2) is 9.38 Å². The first-order chi connectivity index (χ1) is 14.6. The molecule has 0 saturated heterocycles. The van der Waals surface area contributed by atoms with Crippen LogP contribution in [-0.4, -0.2) is 23.6 Å². The maximum absolute atomic E-state index is 14.5. The zero-order valence-corrected chi connectivity index (χ0v) is 15.6. The normalized spacial score (nSPS) is 16.3. The van der Waals surface area contributed by atoms with Gasteiger partial charge in [0.2, 0.25) is 6.79 Å². The van der Waals surface area contributed by atoms with Crippen LogP contribution in [0, 0.1) is 5.82 Å². The lowest BCUT2D eigenvalue weighted by Gasteiger charge is -2.18. The minimum Gasteiger partial charge on any atom is -0.508 e. The molecule has 0 aliphatic carbocycles. The van der Waals surface area contributed by atoms with Gasteiger partial charge in [-0.2, -0.15) is 0 Å². The van der Waals surface area contributed by atoms with Crippen LogP contribution in [0.3, 0.4) is 0 Å². The van der Waals surface area contributed by atoms with E-state index < -0.39 is 11.7 Å². The highest BCUT2D eigenvalue weighted by Crippen LogP contribution is 2.34. The molecule has 148 valence electrons. The van der Waals surface area contributed by atoms with E-state index in [-0.39, 0.29) is 29.6 Å². The lowest BCUT2D eigenvalue weighted by atomic mass is 10.1. The van der Waals surface area contributed by atoms with Gasteiger partial charge in [0.15, 0.2) is 17.3 Å². The van der Waals surface area contributed by atoms with E-state index in [1.54, 1.807) is 54.6 Å². The number of ether oxygens (including phenoxy) is 2. The number of aliphatic imine (C=N–C) groups is 1. The highest BCUT2D eigenvalue weighted by atomic mass is 19.1. The third-order valence-electron chi connectivity index (χ3n) is 4.78. The van der Waals surface area contributed by atoms with E-state index in [2.05, 4.69) is 4.99 Å². The van der Waals surface area contributed by atoms with E-state index in [4.69, 9.17) is 9.47 Å². The van der Waals surface area contributed by atoms with Gasteiger partial charge in [0.25, 0.3) is 5.91 Å². The quantitative estimate of drug-likeness (QED) is 0.670. The van der Waals surface area contributed by atoms with Crippen molar-refractivity contribution < 1.29 is 23.8 Å². The highest BCUT2D eigenvalue weighted by Gasteiger charge is 2.33. The third kappa shape index (κ3) is 3.06. The molecule has 0 atom stereocenters. The SMILES string of the molecule is O=C1/C(=C\c2ccc3c(c2)OCO3)N=C(c2ccccc2F)N1c1ccc(O)cc1. The summed E-state index contributed by atoms with van der Waals surface area (Å²) in [5.74, 6) is 0.565. The molecule has 0 unspecified atom stereocenters. The molecule has 0 spiro atoms. The Bertz CT molecular complexity index is 1220. The molecule has 0 radical (unpaired) electrons. The van der Waals surface area contributed by atoms with Crippen LogP contribution in [0.2, 0.25) is 0 Å². The monoisotopic (exact) mass is 402 g/mol. The standard InChI is InChI=1S/C23H15FN2O4/c24-18-4-2-1-3-17(18)22-25-19(11-14-5-10-20-21(12-14)30-13-29-20)23(28)26(22)15-6-8-16(27)9-7-15/h1-12,27H,13H2/b19-11+. The van der Waals surface area contributed by atoms with Crippen LogP contribution in [-0.2, 0) is 4.79 Å².